The van der Waals surface area contributed by atoms with Crippen LogP contribution in [-0.4, -0.2) is 16.1 Å². The van der Waals surface area contributed by atoms with Crippen molar-refractivity contribution < 1.29 is 4.79 Å². The van der Waals surface area contributed by atoms with Gasteiger partial charge in [-0.3, -0.25) is 9.89 Å². The maximum absolute atomic E-state index is 10.7. The molecule has 0 aliphatic rings. The summed E-state index contributed by atoms with van der Waals surface area (Å²) in [7, 11) is 0. The summed E-state index contributed by atoms with van der Waals surface area (Å²) in [4.78, 5) is 10.7. The molecule has 0 aliphatic heterocycles. The number of aromatic amines is 1. The summed E-state index contributed by atoms with van der Waals surface area (Å²) in [5.41, 5.74) is 8.05. The topological polar surface area (TPSA) is 83.8 Å². The van der Waals surface area contributed by atoms with Crippen molar-refractivity contribution in [3.05, 3.63) is 47.8 Å². The number of nitrogens with zero attached hydrogens (tertiary/aromatic N) is 1. The summed E-state index contributed by atoms with van der Waals surface area (Å²) in [6, 6.07) is 9.54. The first kappa shape index (κ1) is 11.2. The summed E-state index contributed by atoms with van der Waals surface area (Å²) in [6.07, 6.45) is 1.99. The Bertz CT molecular complexity index is 476. The number of anilines is 1. The lowest BCUT2D eigenvalue weighted by Crippen LogP contribution is -2.13. The second-order valence-corrected chi connectivity index (χ2v) is 3.78. The fourth-order valence-corrected chi connectivity index (χ4v) is 1.52. The highest BCUT2D eigenvalue weighted by atomic mass is 16.1. The lowest BCUT2D eigenvalue weighted by atomic mass is 10.1. The number of H-pyrrole nitrogens is 1. The van der Waals surface area contributed by atoms with Gasteiger partial charge in [0.25, 0.3) is 0 Å². The van der Waals surface area contributed by atoms with E-state index in [1.165, 1.54) is 0 Å². The maximum Gasteiger partial charge on any atom is 0.221 e. The zero-order valence-corrected chi connectivity index (χ0v) is 9.31. The molecular formula is C12H14N4O. The van der Waals surface area contributed by atoms with E-state index < -0.39 is 0 Å². The van der Waals surface area contributed by atoms with E-state index in [1.54, 1.807) is 6.20 Å². The highest BCUT2D eigenvalue weighted by molar-refractivity contribution is 5.76. The Morgan fingerprint density at radius 1 is 1.29 bits per heavy atom. The average Bonchev–Trinajstić information content (AvgIpc) is 2.80. The molecule has 88 valence electrons. The summed E-state index contributed by atoms with van der Waals surface area (Å²) in [5, 5.41) is 9.98. The molecule has 0 spiro atoms. The summed E-state index contributed by atoms with van der Waals surface area (Å²) in [5.74, 6) is -0.317. The Morgan fingerprint density at radius 2 is 2.06 bits per heavy atom. The minimum Gasteiger partial charge on any atom is -0.379 e. The molecule has 0 radical (unpaired) electrons. The molecule has 1 amide bonds. The largest absolute Gasteiger partial charge is 0.379 e. The van der Waals surface area contributed by atoms with Gasteiger partial charge in [0.05, 0.1) is 18.7 Å². The number of benzene rings is 1. The van der Waals surface area contributed by atoms with Gasteiger partial charge in [-0.15, -0.1) is 0 Å². The van der Waals surface area contributed by atoms with Crippen molar-refractivity contribution in [1.29, 1.82) is 0 Å². The smallest absolute Gasteiger partial charge is 0.221 e. The van der Waals surface area contributed by atoms with Crippen LogP contribution in [0.15, 0.2) is 36.5 Å². The number of amides is 1. The molecule has 4 N–H and O–H groups in total. The van der Waals surface area contributed by atoms with Crippen LogP contribution in [0.1, 0.15) is 11.3 Å². The number of primary amides is 1. The normalized spacial score (nSPS) is 10.1. The molecule has 1 aromatic heterocycles. The third-order valence-electron chi connectivity index (χ3n) is 2.37. The molecular weight excluding hydrogens is 216 g/mol. The molecule has 0 aliphatic carbocycles. The maximum atomic E-state index is 10.7. The quantitative estimate of drug-likeness (QED) is 0.717. The van der Waals surface area contributed by atoms with Crippen LogP contribution in [0.4, 0.5) is 5.69 Å². The van der Waals surface area contributed by atoms with Crippen molar-refractivity contribution in [2.24, 2.45) is 5.73 Å². The van der Waals surface area contributed by atoms with E-state index in [4.69, 9.17) is 5.73 Å². The molecule has 0 bridgehead atoms. The van der Waals surface area contributed by atoms with Gasteiger partial charge in [-0.2, -0.15) is 5.10 Å². The lowest BCUT2D eigenvalue weighted by molar-refractivity contribution is -0.117. The lowest BCUT2D eigenvalue weighted by Gasteiger charge is -2.05. The van der Waals surface area contributed by atoms with Crippen LogP contribution in [0.25, 0.3) is 0 Å². The number of carbonyl (C=O) groups excluding carboxylic acids is 1. The van der Waals surface area contributed by atoms with Gasteiger partial charge < -0.3 is 11.1 Å². The summed E-state index contributed by atoms with van der Waals surface area (Å²) in [6.45, 7) is 0.690. The van der Waals surface area contributed by atoms with Crippen LogP contribution in [0, 0.1) is 0 Å². The molecule has 5 heteroatoms. The predicted molar refractivity (Wildman–Crippen MR) is 65.3 cm³/mol. The van der Waals surface area contributed by atoms with Gasteiger partial charge >= 0.3 is 0 Å². The van der Waals surface area contributed by atoms with Gasteiger partial charge in [0.15, 0.2) is 0 Å². The number of aromatic nitrogens is 2. The average molecular weight is 230 g/mol. The van der Waals surface area contributed by atoms with Crippen molar-refractivity contribution >= 4 is 11.6 Å². The molecule has 1 heterocycles. The fourth-order valence-electron chi connectivity index (χ4n) is 1.52. The zero-order chi connectivity index (χ0) is 12.1. The number of nitrogens with one attached hydrogen (secondary N) is 2. The van der Waals surface area contributed by atoms with Gasteiger partial charge in [0.1, 0.15) is 0 Å². The number of rotatable bonds is 5. The Balaban J connectivity index is 1.91. The number of nitrogens with two attached hydrogens (primary N) is 1. The predicted octanol–water partition coefficient (Wildman–Crippen LogP) is 1.05. The molecule has 0 atom stereocenters. The fraction of sp³-hybridized carbons (Fsp3) is 0.167. The van der Waals surface area contributed by atoms with E-state index >= 15 is 0 Å². The van der Waals surface area contributed by atoms with Crippen molar-refractivity contribution in [2.45, 2.75) is 13.0 Å². The van der Waals surface area contributed by atoms with Crippen LogP contribution in [0.5, 0.6) is 0 Å². The molecule has 2 rings (SSSR count). The molecule has 5 nitrogen and oxygen atoms in total. The van der Waals surface area contributed by atoms with Gasteiger partial charge in [-0.05, 0) is 23.8 Å². The Kier molecular flexibility index (Phi) is 3.40. The van der Waals surface area contributed by atoms with Gasteiger partial charge in [0, 0.05) is 11.9 Å². The minimum atomic E-state index is -0.317. The summed E-state index contributed by atoms with van der Waals surface area (Å²) >= 11 is 0. The first-order chi connectivity index (χ1) is 8.24. The highest BCUT2D eigenvalue weighted by Crippen LogP contribution is 2.10. The Hall–Kier alpha value is -2.30. The molecule has 0 saturated heterocycles. The first-order valence-electron chi connectivity index (χ1n) is 5.33. The van der Waals surface area contributed by atoms with Crippen LogP contribution in [0.2, 0.25) is 0 Å². The highest BCUT2D eigenvalue weighted by Gasteiger charge is 1.99. The Labute approximate surface area is 99.0 Å². The van der Waals surface area contributed by atoms with Crippen molar-refractivity contribution in [2.75, 3.05) is 5.32 Å². The second kappa shape index (κ2) is 5.16. The van der Waals surface area contributed by atoms with E-state index in [2.05, 4.69) is 15.5 Å². The van der Waals surface area contributed by atoms with Crippen molar-refractivity contribution in [3.63, 3.8) is 0 Å². The van der Waals surface area contributed by atoms with Gasteiger partial charge in [-0.25, -0.2) is 0 Å². The molecule has 17 heavy (non-hydrogen) atoms. The van der Waals surface area contributed by atoms with Crippen LogP contribution < -0.4 is 11.1 Å². The first-order valence-corrected chi connectivity index (χ1v) is 5.33. The van der Waals surface area contributed by atoms with Crippen molar-refractivity contribution in [1.82, 2.24) is 10.2 Å². The summed E-state index contributed by atoms with van der Waals surface area (Å²) < 4.78 is 0. The second-order valence-electron chi connectivity index (χ2n) is 3.78. The van der Waals surface area contributed by atoms with Crippen LogP contribution >= 0.6 is 0 Å². The molecule has 1 aromatic carbocycles. The number of hydrogen-bond acceptors (Lipinski definition) is 3. The van der Waals surface area contributed by atoms with E-state index in [1.807, 2.05) is 30.3 Å². The third kappa shape index (κ3) is 3.34. The van der Waals surface area contributed by atoms with Crippen LogP contribution in [-0.2, 0) is 17.8 Å². The number of carbonyl (C=O) groups is 1. The molecule has 0 unspecified atom stereocenters. The van der Waals surface area contributed by atoms with Gasteiger partial charge in [0.2, 0.25) is 5.91 Å². The minimum absolute atomic E-state index is 0.279. The molecule has 0 saturated carbocycles. The Morgan fingerprint density at radius 3 is 2.65 bits per heavy atom. The van der Waals surface area contributed by atoms with E-state index in [0.717, 1.165) is 16.9 Å². The molecule has 2 aromatic rings. The van der Waals surface area contributed by atoms with E-state index in [9.17, 15) is 4.79 Å². The monoisotopic (exact) mass is 230 g/mol. The third-order valence-corrected chi connectivity index (χ3v) is 2.37. The van der Waals surface area contributed by atoms with Crippen molar-refractivity contribution in [3.8, 4) is 0 Å². The van der Waals surface area contributed by atoms with Gasteiger partial charge in [-0.1, -0.05) is 12.1 Å². The molecule has 0 fully saturated rings. The number of hydrogen-bond donors (Lipinski definition) is 3. The van der Waals surface area contributed by atoms with E-state index in [-0.39, 0.29) is 12.3 Å². The van der Waals surface area contributed by atoms with E-state index in [0.29, 0.717) is 6.54 Å². The van der Waals surface area contributed by atoms with Crippen LogP contribution in [0.3, 0.4) is 0 Å². The zero-order valence-electron chi connectivity index (χ0n) is 9.31. The SMILES string of the molecule is NC(=O)Cc1ccc(NCc2ccn[nH]2)cc1. The standard InChI is InChI=1S/C12H14N4O/c13-12(17)7-9-1-3-10(4-2-9)14-8-11-5-6-15-16-11/h1-6,14H,7-8H2,(H2,13,17)(H,15,16).